The van der Waals surface area contributed by atoms with Crippen LogP contribution in [0.15, 0.2) is 30.0 Å². The number of phenolic OH excluding ortho intramolecular Hbond substituents is 1. The molecule has 0 spiro atoms. The van der Waals surface area contributed by atoms with Crippen LogP contribution < -0.4 is 9.47 Å². The largest absolute Gasteiger partial charge is 0.502 e. The highest BCUT2D eigenvalue weighted by Gasteiger charge is 2.33. The summed E-state index contributed by atoms with van der Waals surface area (Å²) in [5.74, 6) is 0.107. The van der Waals surface area contributed by atoms with Crippen LogP contribution in [0.3, 0.4) is 0 Å². The smallest absolute Gasteiger partial charge is 0.310 e. The second-order valence-corrected chi connectivity index (χ2v) is 6.73. The van der Waals surface area contributed by atoms with E-state index in [1.165, 1.54) is 14.2 Å². The van der Waals surface area contributed by atoms with Crippen molar-refractivity contribution in [2.45, 2.75) is 19.8 Å². The third-order valence-electron chi connectivity index (χ3n) is 5.02. The zero-order valence-electron chi connectivity index (χ0n) is 16.4. The van der Waals surface area contributed by atoms with Crippen LogP contribution in [0.4, 0.5) is 0 Å². The number of esters is 1. The Morgan fingerprint density at radius 2 is 1.93 bits per heavy atom. The van der Waals surface area contributed by atoms with E-state index in [0.29, 0.717) is 32.5 Å². The number of ether oxygens (including phenoxy) is 3. The first kappa shape index (κ1) is 19.8. The number of rotatable bonds is 6. The number of benzene rings is 1. The number of hydrogen-bond donors (Lipinski definition) is 1. The van der Waals surface area contributed by atoms with Gasteiger partial charge < -0.3 is 24.2 Å². The van der Waals surface area contributed by atoms with E-state index in [4.69, 9.17) is 14.2 Å². The molecule has 0 saturated carbocycles. The minimum absolute atomic E-state index is 0.0102. The van der Waals surface area contributed by atoms with Crippen LogP contribution in [0, 0.1) is 5.92 Å². The second kappa shape index (κ2) is 8.37. The van der Waals surface area contributed by atoms with Crippen LogP contribution in [0.5, 0.6) is 17.2 Å². The van der Waals surface area contributed by atoms with Crippen molar-refractivity contribution in [1.29, 1.82) is 0 Å². The summed E-state index contributed by atoms with van der Waals surface area (Å²) in [6.45, 7) is 3.31. The zero-order chi connectivity index (χ0) is 20.3. The molecule has 1 atom stereocenters. The molecular weight excluding hydrogens is 362 g/mol. The van der Waals surface area contributed by atoms with Crippen LogP contribution in [-0.4, -0.2) is 55.7 Å². The van der Waals surface area contributed by atoms with Crippen LogP contribution in [0.2, 0.25) is 0 Å². The summed E-state index contributed by atoms with van der Waals surface area (Å²) in [6, 6.07) is 3.43. The molecule has 3 rings (SSSR count). The molecule has 7 heteroatoms. The zero-order valence-corrected chi connectivity index (χ0v) is 16.4. The molecule has 1 heterocycles. The number of methoxy groups -OCH3 is 2. The molecule has 1 aromatic carbocycles. The lowest BCUT2D eigenvalue weighted by Gasteiger charge is -2.27. The van der Waals surface area contributed by atoms with E-state index in [9.17, 15) is 14.7 Å². The van der Waals surface area contributed by atoms with Crippen molar-refractivity contribution in [1.82, 2.24) is 4.90 Å². The number of likely N-dealkylation sites (tertiary alicyclic amines) is 1. The Labute approximate surface area is 164 Å². The number of carbonyl (C=O) groups is 2. The Balaban J connectivity index is 1.92. The van der Waals surface area contributed by atoms with Gasteiger partial charge in [0.1, 0.15) is 0 Å². The van der Waals surface area contributed by atoms with Crippen molar-refractivity contribution >= 4 is 17.3 Å². The van der Waals surface area contributed by atoms with Gasteiger partial charge in [0.2, 0.25) is 5.75 Å². The van der Waals surface area contributed by atoms with Gasteiger partial charge in [-0.05, 0) is 31.0 Å². The van der Waals surface area contributed by atoms with Crippen molar-refractivity contribution in [2.24, 2.45) is 5.92 Å². The summed E-state index contributed by atoms with van der Waals surface area (Å²) in [7, 11) is 2.94. The monoisotopic (exact) mass is 387 g/mol. The predicted octanol–water partition coefficient (Wildman–Crippen LogP) is 2.53. The average Bonchev–Trinajstić information content (AvgIpc) is 3.19. The number of nitrogens with zero attached hydrogens (tertiary/aromatic N) is 1. The van der Waals surface area contributed by atoms with Gasteiger partial charge in [-0.2, -0.15) is 0 Å². The van der Waals surface area contributed by atoms with E-state index in [1.54, 1.807) is 25.1 Å². The van der Waals surface area contributed by atoms with Crippen molar-refractivity contribution in [2.75, 3.05) is 33.9 Å². The third kappa shape index (κ3) is 3.83. The number of ketones is 1. The molecule has 28 heavy (non-hydrogen) atoms. The maximum atomic E-state index is 12.1. The minimum Gasteiger partial charge on any atom is -0.502 e. The van der Waals surface area contributed by atoms with Gasteiger partial charge in [-0.25, -0.2) is 0 Å². The normalized spacial score (nSPS) is 19.2. The summed E-state index contributed by atoms with van der Waals surface area (Å²) >= 11 is 0. The number of allylic oxidation sites excluding steroid dienone is 3. The van der Waals surface area contributed by atoms with Gasteiger partial charge in [-0.1, -0.05) is 6.08 Å². The first-order valence-electron chi connectivity index (χ1n) is 9.30. The number of hydrogen-bond acceptors (Lipinski definition) is 7. The molecule has 0 amide bonds. The molecule has 0 radical (unpaired) electrons. The molecule has 1 aromatic rings. The van der Waals surface area contributed by atoms with Crippen LogP contribution in [-0.2, 0) is 14.3 Å². The maximum Gasteiger partial charge on any atom is 0.310 e. The molecule has 1 aliphatic heterocycles. The van der Waals surface area contributed by atoms with E-state index in [0.717, 1.165) is 16.8 Å². The SMILES string of the molecule is CCOC(=O)[C@@H]1CCN(C2=CC(=O)CC=C2c2cc(OC)c(O)c(OC)c2)C1. The van der Waals surface area contributed by atoms with Crippen molar-refractivity contribution in [3.63, 3.8) is 0 Å². The summed E-state index contributed by atoms with van der Waals surface area (Å²) in [5.41, 5.74) is 2.38. The molecule has 0 bridgehead atoms. The molecule has 2 aliphatic rings. The fourth-order valence-corrected chi connectivity index (χ4v) is 3.60. The summed E-state index contributed by atoms with van der Waals surface area (Å²) < 4.78 is 15.7. The Morgan fingerprint density at radius 3 is 2.54 bits per heavy atom. The molecule has 1 saturated heterocycles. The maximum absolute atomic E-state index is 12.1. The summed E-state index contributed by atoms with van der Waals surface area (Å²) in [5, 5.41) is 10.2. The van der Waals surface area contributed by atoms with E-state index >= 15 is 0 Å². The lowest BCUT2D eigenvalue weighted by molar-refractivity contribution is -0.147. The van der Waals surface area contributed by atoms with Crippen LogP contribution in [0.25, 0.3) is 5.57 Å². The van der Waals surface area contributed by atoms with Gasteiger partial charge in [0.05, 0.1) is 26.7 Å². The lowest BCUT2D eigenvalue weighted by atomic mass is 9.94. The van der Waals surface area contributed by atoms with Gasteiger partial charge >= 0.3 is 5.97 Å². The number of phenols is 1. The molecule has 150 valence electrons. The Kier molecular flexibility index (Phi) is 5.92. The highest BCUT2D eigenvalue weighted by atomic mass is 16.5. The van der Waals surface area contributed by atoms with Gasteiger partial charge in [0.15, 0.2) is 17.3 Å². The fraction of sp³-hybridized carbons (Fsp3) is 0.429. The van der Waals surface area contributed by atoms with Crippen LogP contribution in [0.1, 0.15) is 25.3 Å². The standard InChI is InChI=1S/C21H25NO6/c1-4-28-21(25)13-7-8-22(12-13)17-11-15(23)5-6-16(17)14-9-18(26-2)20(24)19(10-14)27-3/h6,9-11,13,24H,4-5,7-8,12H2,1-3H3/t13-/m1/s1. The lowest BCUT2D eigenvalue weighted by Crippen LogP contribution is -2.26. The van der Waals surface area contributed by atoms with Crippen molar-refractivity contribution in [3.05, 3.63) is 35.5 Å². The Bertz CT molecular complexity index is 816. The molecular formula is C21H25NO6. The molecule has 0 aromatic heterocycles. The molecule has 1 fully saturated rings. The van der Waals surface area contributed by atoms with Gasteiger partial charge in [0.25, 0.3) is 0 Å². The second-order valence-electron chi connectivity index (χ2n) is 6.73. The molecule has 0 unspecified atom stereocenters. The summed E-state index contributed by atoms with van der Waals surface area (Å²) in [6.07, 6.45) is 4.45. The van der Waals surface area contributed by atoms with Crippen molar-refractivity contribution < 1.29 is 28.9 Å². The number of carbonyl (C=O) groups excluding carboxylic acids is 2. The topological polar surface area (TPSA) is 85.3 Å². The van der Waals surface area contributed by atoms with E-state index in [1.807, 2.05) is 11.0 Å². The Morgan fingerprint density at radius 1 is 1.25 bits per heavy atom. The summed E-state index contributed by atoms with van der Waals surface area (Å²) in [4.78, 5) is 26.2. The first-order valence-corrected chi connectivity index (χ1v) is 9.30. The van der Waals surface area contributed by atoms with Gasteiger partial charge in [-0.15, -0.1) is 0 Å². The molecule has 1 aliphatic carbocycles. The van der Waals surface area contributed by atoms with Crippen molar-refractivity contribution in [3.8, 4) is 17.2 Å². The molecule has 1 N–H and O–H groups in total. The van der Waals surface area contributed by atoms with E-state index in [2.05, 4.69) is 0 Å². The van der Waals surface area contributed by atoms with E-state index in [-0.39, 0.29) is 34.9 Å². The van der Waals surface area contributed by atoms with Crippen LogP contribution >= 0.6 is 0 Å². The third-order valence-corrected chi connectivity index (χ3v) is 5.02. The minimum atomic E-state index is -0.206. The Hall–Kier alpha value is -2.96. The van der Waals surface area contributed by atoms with E-state index < -0.39 is 0 Å². The number of aromatic hydroxyl groups is 1. The molecule has 7 nitrogen and oxygen atoms in total. The first-order chi connectivity index (χ1) is 13.5. The van der Waals surface area contributed by atoms with Gasteiger partial charge in [0, 0.05) is 36.9 Å². The fourth-order valence-electron chi connectivity index (χ4n) is 3.60. The highest BCUT2D eigenvalue weighted by molar-refractivity contribution is 6.00. The van der Waals surface area contributed by atoms with Gasteiger partial charge in [-0.3, -0.25) is 9.59 Å². The quantitative estimate of drug-likeness (QED) is 0.751. The average molecular weight is 387 g/mol. The highest BCUT2D eigenvalue weighted by Crippen LogP contribution is 2.42. The predicted molar refractivity (Wildman–Crippen MR) is 103 cm³/mol.